The molecule has 0 aliphatic heterocycles. The van der Waals surface area contributed by atoms with E-state index in [0.717, 1.165) is 11.3 Å². The smallest absolute Gasteiger partial charge is 0.304 e. The van der Waals surface area contributed by atoms with Gasteiger partial charge in [-0.25, -0.2) is 13.4 Å². The molecule has 0 aromatic carbocycles. The molecule has 0 fully saturated rings. The van der Waals surface area contributed by atoms with Crippen LogP contribution in [0.4, 0.5) is 5.13 Å². The molecule has 1 heterocycles. The molecule has 15 heavy (non-hydrogen) atoms. The maximum atomic E-state index is 11.3. The van der Waals surface area contributed by atoms with Crippen LogP contribution in [0.25, 0.3) is 0 Å². The molecule has 1 aromatic rings. The van der Waals surface area contributed by atoms with Gasteiger partial charge in [-0.2, -0.15) is 0 Å². The third-order valence-corrected chi connectivity index (χ3v) is 4.07. The van der Waals surface area contributed by atoms with Crippen LogP contribution in [0.3, 0.4) is 0 Å². The van der Waals surface area contributed by atoms with Crippen LogP contribution in [0.2, 0.25) is 0 Å². The highest BCUT2D eigenvalue weighted by atomic mass is 79.9. The number of rotatable bonds is 5. The molecule has 0 aliphatic rings. The van der Waals surface area contributed by atoms with E-state index in [9.17, 15) is 13.2 Å². The van der Waals surface area contributed by atoms with Gasteiger partial charge < -0.3 is 5.11 Å². The zero-order valence-electron chi connectivity index (χ0n) is 7.31. The monoisotopic (exact) mass is 314 g/mol. The van der Waals surface area contributed by atoms with Crippen molar-refractivity contribution in [2.75, 3.05) is 10.5 Å². The number of hydrogen-bond donors (Lipinski definition) is 2. The molecule has 0 radical (unpaired) electrons. The Hall–Kier alpha value is -0.670. The van der Waals surface area contributed by atoms with Crippen LogP contribution < -0.4 is 4.72 Å². The number of thiazole rings is 1. The summed E-state index contributed by atoms with van der Waals surface area (Å²) in [7, 11) is -3.62. The molecule has 6 nitrogen and oxygen atoms in total. The fourth-order valence-corrected chi connectivity index (χ4v) is 3.08. The first kappa shape index (κ1) is 12.4. The highest BCUT2D eigenvalue weighted by Crippen LogP contribution is 2.23. The van der Waals surface area contributed by atoms with Gasteiger partial charge in [-0.1, -0.05) is 11.3 Å². The maximum absolute atomic E-state index is 11.3. The van der Waals surface area contributed by atoms with E-state index < -0.39 is 28.2 Å². The third kappa shape index (κ3) is 4.58. The maximum Gasteiger partial charge on any atom is 0.304 e. The normalized spacial score (nSPS) is 11.3. The lowest BCUT2D eigenvalue weighted by Gasteiger charge is -2.02. The average molecular weight is 315 g/mol. The topological polar surface area (TPSA) is 96.4 Å². The molecule has 0 saturated carbocycles. The molecular formula is C6H7BrN2O4S2. The number of carboxylic acids is 1. The number of nitrogens with one attached hydrogen (secondary N) is 1. The van der Waals surface area contributed by atoms with Crippen molar-refractivity contribution in [1.29, 1.82) is 0 Å². The summed E-state index contributed by atoms with van der Waals surface area (Å²) in [5.41, 5.74) is 0. The van der Waals surface area contributed by atoms with Gasteiger partial charge in [-0.3, -0.25) is 9.52 Å². The van der Waals surface area contributed by atoms with Crippen molar-refractivity contribution in [3.8, 4) is 0 Å². The lowest BCUT2D eigenvalue weighted by atomic mass is 10.5. The number of hydrogen-bond acceptors (Lipinski definition) is 5. The van der Waals surface area contributed by atoms with Crippen LogP contribution in [-0.2, 0) is 14.8 Å². The standard InChI is InChI=1S/C6H7BrN2O4S2/c7-4-3-8-6(14-4)9-15(12,13)2-1-5(10)11/h3H,1-2H2,(H,8,9)(H,10,11). The highest BCUT2D eigenvalue weighted by molar-refractivity contribution is 9.11. The van der Waals surface area contributed by atoms with Gasteiger partial charge in [0.25, 0.3) is 0 Å². The van der Waals surface area contributed by atoms with Crippen LogP contribution in [0.5, 0.6) is 0 Å². The van der Waals surface area contributed by atoms with Crippen molar-refractivity contribution in [3.63, 3.8) is 0 Å². The zero-order chi connectivity index (χ0) is 11.5. The molecule has 2 N–H and O–H groups in total. The van der Waals surface area contributed by atoms with Gasteiger partial charge in [0.1, 0.15) is 0 Å². The van der Waals surface area contributed by atoms with E-state index >= 15 is 0 Å². The Labute approximate surface area is 98.5 Å². The molecule has 0 amide bonds. The number of halogens is 1. The molecular weight excluding hydrogens is 308 g/mol. The molecule has 0 aliphatic carbocycles. The van der Waals surface area contributed by atoms with Crippen molar-refractivity contribution in [2.45, 2.75) is 6.42 Å². The van der Waals surface area contributed by atoms with E-state index in [0.29, 0.717) is 3.79 Å². The summed E-state index contributed by atoms with van der Waals surface area (Å²) >= 11 is 4.25. The van der Waals surface area contributed by atoms with Crippen LogP contribution >= 0.6 is 27.3 Å². The number of aromatic nitrogens is 1. The van der Waals surface area contributed by atoms with E-state index in [-0.39, 0.29) is 5.13 Å². The van der Waals surface area contributed by atoms with E-state index in [2.05, 4.69) is 25.6 Å². The number of sulfonamides is 1. The van der Waals surface area contributed by atoms with Crippen molar-refractivity contribution >= 4 is 48.4 Å². The first-order valence-electron chi connectivity index (χ1n) is 3.73. The number of anilines is 1. The fraction of sp³-hybridized carbons (Fsp3) is 0.333. The van der Waals surface area contributed by atoms with Crippen molar-refractivity contribution in [2.24, 2.45) is 0 Å². The Kier molecular flexibility index (Phi) is 4.05. The molecule has 0 saturated heterocycles. The van der Waals surface area contributed by atoms with Gasteiger partial charge in [0, 0.05) is 0 Å². The Morgan fingerprint density at radius 2 is 2.33 bits per heavy atom. The molecule has 84 valence electrons. The quantitative estimate of drug-likeness (QED) is 0.849. The minimum absolute atomic E-state index is 0.215. The number of aliphatic carboxylic acids is 1. The minimum Gasteiger partial charge on any atom is -0.481 e. The van der Waals surface area contributed by atoms with Crippen LogP contribution in [-0.4, -0.2) is 30.2 Å². The van der Waals surface area contributed by atoms with Crippen LogP contribution in [0, 0.1) is 0 Å². The summed E-state index contributed by atoms with van der Waals surface area (Å²) in [6, 6.07) is 0. The number of nitrogens with zero attached hydrogens (tertiary/aromatic N) is 1. The van der Waals surface area contributed by atoms with Gasteiger partial charge in [0.15, 0.2) is 5.13 Å². The van der Waals surface area contributed by atoms with E-state index in [1.54, 1.807) is 0 Å². The molecule has 0 bridgehead atoms. The third-order valence-electron chi connectivity index (χ3n) is 1.30. The summed E-state index contributed by atoms with van der Waals surface area (Å²) in [6.45, 7) is 0. The van der Waals surface area contributed by atoms with Gasteiger partial charge in [-0.15, -0.1) is 0 Å². The Morgan fingerprint density at radius 1 is 1.67 bits per heavy atom. The lowest BCUT2D eigenvalue weighted by molar-refractivity contribution is -0.136. The molecule has 9 heteroatoms. The van der Waals surface area contributed by atoms with Crippen LogP contribution in [0.1, 0.15) is 6.42 Å². The van der Waals surface area contributed by atoms with Gasteiger partial charge in [0.05, 0.1) is 22.2 Å². The second-order valence-electron chi connectivity index (χ2n) is 2.53. The van der Waals surface area contributed by atoms with E-state index in [4.69, 9.17) is 5.11 Å². The van der Waals surface area contributed by atoms with Gasteiger partial charge in [0.2, 0.25) is 10.0 Å². The Bertz CT molecular complexity index is 455. The zero-order valence-corrected chi connectivity index (χ0v) is 10.5. The van der Waals surface area contributed by atoms with Crippen molar-refractivity contribution in [3.05, 3.63) is 9.98 Å². The lowest BCUT2D eigenvalue weighted by Crippen LogP contribution is -2.18. The van der Waals surface area contributed by atoms with Crippen molar-refractivity contribution in [1.82, 2.24) is 4.98 Å². The van der Waals surface area contributed by atoms with Crippen LogP contribution in [0.15, 0.2) is 9.98 Å². The molecule has 1 rings (SSSR count). The molecule has 0 unspecified atom stereocenters. The SMILES string of the molecule is O=C(O)CCS(=O)(=O)Nc1ncc(Br)s1. The average Bonchev–Trinajstić information content (AvgIpc) is 2.47. The number of carbonyl (C=O) groups is 1. The summed E-state index contributed by atoms with van der Waals surface area (Å²) in [6.07, 6.45) is 1.03. The largest absolute Gasteiger partial charge is 0.481 e. The van der Waals surface area contributed by atoms with Gasteiger partial charge >= 0.3 is 5.97 Å². The first-order chi connectivity index (χ1) is 6.89. The summed E-state index contributed by atoms with van der Waals surface area (Å²) in [5.74, 6) is -1.61. The molecule has 0 spiro atoms. The summed E-state index contributed by atoms with van der Waals surface area (Å²) in [4.78, 5) is 14.0. The predicted octanol–water partition coefficient (Wildman–Crippen LogP) is 1.12. The molecule has 1 aromatic heterocycles. The first-order valence-corrected chi connectivity index (χ1v) is 6.99. The molecule has 0 atom stereocenters. The van der Waals surface area contributed by atoms with Crippen molar-refractivity contribution < 1.29 is 18.3 Å². The summed E-state index contributed by atoms with van der Waals surface area (Å²) in [5, 5.41) is 8.55. The van der Waals surface area contributed by atoms with E-state index in [1.165, 1.54) is 6.20 Å². The second kappa shape index (κ2) is 4.90. The van der Waals surface area contributed by atoms with E-state index in [1.807, 2.05) is 0 Å². The number of carboxylic acid groups (broad SMARTS) is 1. The minimum atomic E-state index is -3.62. The fourth-order valence-electron chi connectivity index (χ4n) is 0.707. The summed E-state index contributed by atoms with van der Waals surface area (Å²) < 4.78 is 25.5. The van der Waals surface area contributed by atoms with Gasteiger partial charge in [-0.05, 0) is 15.9 Å². The highest BCUT2D eigenvalue weighted by Gasteiger charge is 2.14. The Morgan fingerprint density at radius 3 is 2.80 bits per heavy atom. The Balaban J connectivity index is 2.60. The second-order valence-corrected chi connectivity index (χ2v) is 6.79. The predicted molar refractivity (Wildman–Crippen MR) is 59.5 cm³/mol.